The van der Waals surface area contributed by atoms with E-state index in [1.165, 1.54) is 5.56 Å². The van der Waals surface area contributed by atoms with Crippen LogP contribution in [0.5, 0.6) is 5.75 Å². The van der Waals surface area contributed by atoms with Gasteiger partial charge in [0.15, 0.2) is 6.10 Å². The SMILES string of the molecule is CCCNC(=O)C(C)Oc1c(C)cc(CC(C)N)cc1C. The van der Waals surface area contributed by atoms with E-state index in [4.69, 9.17) is 10.5 Å². The Balaban J connectivity index is 2.81. The molecule has 0 aliphatic carbocycles. The molecule has 0 fully saturated rings. The van der Waals surface area contributed by atoms with Crippen molar-refractivity contribution in [1.82, 2.24) is 5.32 Å². The summed E-state index contributed by atoms with van der Waals surface area (Å²) in [5.74, 6) is 0.720. The molecule has 4 nitrogen and oxygen atoms in total. The van der Waals surface area contributed by atoms with E-state index in [0.29, 0.717) is 6.54 Å². The molecule has 2 unspecified atom stereocenters. The summed E-state index contributed by atoms with van der Waals surface area (Å²) < 4.78 is 5.85. The van der Waals surface area contributed by atoms with Gasteiger partial charge in [-0.15, -0.1) is 0 Å². The van der Waals surface area contributed by atoms with Gasteiger partial charge in [0.1, 0.15) is 5.75 Å². The van der Waals surface area contributed by atoms with E-state index < -0.39 is 6.10 Å². The normalized spacial score (nSPS) is 13.6. The van der Waals surface area contributed by atoms with Crippen molar-refractivity contribution in [2.24, 2.45) is 5.73 Å². The second-order valence-electron chi connectivity index (χ2n) is 5.79. The number of rotatable bonds is 7. The number of hydrogen-bond donors (Lipinski definition) is 2. The molecule has 1 aromatic carbocycles. The number of carbonyl (C=O) groups excluding carboxylic acids is 1. The smallest absolute Gasteiger partial charge is 0.260 e. The summed E-state index contributed by atoms with van der Waals surface area (Å²) in [6, 6.07) is 4.30. The van der Waals surface area contributed by atoms with E-state index in [1.807, 2.05) is 27.7 Å². The highest BCUT2D eigenvalue weighted by Gasteiger charge is 2.17. The van der Waals surface area contributed by atoms with Crippen molar-refractivity contribution in [1.29, 1.82) is 0 Å². The number of benzene rings is 1. The Hall–Kier alpha value is -1.55. The molecule has 1 rings (SSSR count). The van der Waals surface area contributed by atoms with Gasteiger partial charge < -0.3 is 15.8 Å². The highest BCUT2D eigenvalue weighted by atomic mass is 16.5. The highest BCUT2D eigenvalue weighted by molar-refractivity contribution is 5.80. The van der Waals surface area contributed by atoms with Gasteiger partial charge >= 0.3 is 0 Å². The third kappa shape index (κ3) is 5.38. The number of ether oxygens (including phenoxy) is 1. The maximum Gasteiger partial charge on any atom is 0.260 e. The first-order valence-electron chi connectivity index (χ1n) is 7.65. The average Bonchev–Trinajstić information content (AvgIpc) is 2.39. The van der Waals surface area contributed by atoms with E-state index in [1.54, 1.807) is 6.92 Å². The average molecular weight is 292 g/mol. The van der Waals surface area contributed by atoms with Crippen LogP contribution in [0.3, 0.4) is 0 Å². The Labute approximate surface area is 128 Å². The zero-order valence-electron chi connectivity index (χ0n) is 13.8. The molecule has 2 atom stereocenters. The molecule has 0 radical (unpaired) electrons. The number of nitrogens with one attached hydrogen (secondary N) is 1. The van der Waals surface area contributed by atoms with Crippen molar-refractivity contribution in [2.45, 2.75) is 59.6 Å². The zero-order valence-corrected chi connectivity index (χ0v) is 13.8. The zero-order chi connectivity index (χ0) is 16.0. The minimum absolute atomic E-state index is 0.0738. The first kappa shape index (κ1) is 17.5. The predicted octanol–water partition coefficient (Wildman–Crippen LogP) is 2.49. The molecular formula is C17H28N2O2. The fraction of sp³-hybridized carbons (Fsp3) is 0.588. The van der Waals surface area contributed by atoms with Crippen LogP contribution in [0.1, 0.15) is 43.9 Å². The fourth-order valence-electron chi connectivity index (χ4n) is 2.34. The molecule has 0 aliphatic heterocycles. The van der Waals surface area contributed by atoms with Crippen LogP contribution in [0.2, 0.25) is 0 Å². The molecule has 21 heavy (non-hydrogen) atoms. The monoisotopic (exact) mass is 292 g/mol. The molecule has 0 aromatic heterocycles. The fourth-order valence-corrected chi connectivity index (χ4v) is 2.34. The maximum absolute atomic E-state index is 11.9. The lowest BCUT2D eigenvalue weighted by molar-refractivity contribution is -0.127. The van der Waals surface area contributed by atoms with Gasteiger partial charge in [-0.2, -0.15) is 0 Å². The van der Waals surface area contributed by atoms with Gasteiger partial charge in [-0.1, -0.05) is 19.1 Å². The highest BCUT2D eigenvalue weighted by Crippen LogP contribution is 2.26. The maximum atomic E-state index is 11.9. The van der Waals surface area contributed by atoms with Gasteiger partial charge in [-0.3, -0.25) is 4.79 Å². The molecule has 0 spiro atoms. The van der Waals surface area contributed by atoms with E-state index in [9.17, 15) is 4.79 Å². The third-order valence-corrected chi connectivity index (χ3v) is 3.29. The first-order valence-corrected chi connectivity index (χ1v) is 7.65. The summed E-state index contributed by atoms with van der Waals surface area (Å²) in [6.07, 6.45) is 1.27. The molecule has 1 aromatic rings. The van der Waals surface area contributed by atoms with Gasteiger partial charge in [-0.05, 0) is 57.2 Å². The van der Waals surface area contributed by atoms with Crippen LogP contribution in [0.4, 0.5) is 0 Å². The van der Waals surface area contributed by atoms with Crippen LogP contribution in [0.25, 0.3) is 0 Å². The third-order valence-electron chi connectivity index (χ3n) is 3.29. The van der Waals surface area contributed by atoms with Gasteiger partial charge in [0.25, 0.3) is 5.91 Å². The largest absolute Gasteiger partial charge is 0.480 e. The Bertz CT molecular complexity index is 461. The number of aryl methyl sites for hydroxylation is 2. The standard InChI is InChI=1S/C17H28N2O2/c1-6-7-19-17(20)14(5)21-16-11(2)8-15(9-12(16)3)10-13(4)18/h8-9,13-14H,6-7,10,18H2,1-5H3,(H,19,20). The van der Waals surface area contributed by atoms with Gasteiger partial charge in [0, 0.05) is 12.6 Å². The topological polar surface area (TPSA) is 64.3 Å². The quantitative estimate of drug-likeness (QED) is 0.811. The Morgan fingerprint density at radius 3 is 2.33 bits per heavy atom. The molecule has 1 amide bonds. The second kappa shape index (κ2) is 8.03. The van der Waals surface area contributed by atoms with E-state index >= 15 is 0 Å². The predicted molar refractivity (Wildman–Crippen MR) is 86.7 cm³/mol. The molecular weight excluding hydrogens is 264 g/mol. The van der Waals surface area contributed by atoms with E-state index in [0.717, 1.165) is 29.7 Å². The van der Waals surface area contributed by atoms with Crippen molar-refractivity contribution >= 4 is 5.91 Å². The Morgan fingerprint density at radius 1 is 1.29 bits per heavy atom. The van der Waals surface area contributed by atoms with Crippen LogP contribution in [-0.2, 0) is 11.2 Å². The molecule has 118 valence electrons. The van der Waals surface area contributed by atoms with Crippen LogP contribution in [0, 0.1) is 13.8 Å². The number of hydrogen-bond acceptors (Lipinski definition) is 3. The molecule has 0 bridgehead atoms. The molecule has 3 N–H and O–H groups in total. The summed E-state index contributed by atoms with van der Waals surface area (Å²) in [5.41, 5.74) is 9.13. The van der Waals surface area contributed by atoms with Gasteiger partial charge in [-0.25, -0.2) is 0 Å². The van der Waals surface area contributed by atoms with E-state index in [-0.39, 0.29) is 11.9 Å². The van der Waals surface area contributed by atoms with E-state index in [2.05, 4.69) is 17.4 Å². The van der Waals surface area contributed by atoms with Crippen molar-refractivity contribution in [2.75, 3.05) is 6.54 Å². The molecule has 0 aliphatic rings. The Kier molecular flexibility index (Phi) is 6.69. The molecule has 0 saturated heterocycles. The molecule has 4 heteroatoms. The summed E-state index contributed by atoms with van der Waals surface area (Å²) >= 11 is 0. The number of carbonyl (C=O) groups is 1. The van der Waals surface area contributed by atoms with Gasteiger partial charge in [0.2, 0.25) is 0 Å². The van der Waals surface area contributed by atoms with Crippen molar-refractivity contribution in [3.63, 3.8) is 0 Å². The van der Waals surface area contributed by atoms with Crippen LogP contribution < -0.4 is 15.8 Å². The molecule has 0 saturated carbocycles. The second-order valence-corrected chi connectivity index (χ2v) is 5.79. The number of amides is 1. The lowest BCUT2D eigenvalue weighted by Crippen LogP contribution is -2.36. The summed E-state index contributed by atoms with van der Waals surface area (Å²) in [6.45, 7) is 10.5. The number of nitrogens with two attached hydrogens (primary N) is 1. The minimum Gasteiger partial charge on any atom is -0.480 e. The molecule has 0 heterocycles. The van der Waals surface area contributed by atoms with Crippen molar-refractivity contribution in [3.05, 3.63) is 28.8 Å². The lowest BCUT2D eigenvalue weighted by atomic mass is 10.0. The summed E-state index contributed by atoms with van der Waals surface area (Å²) in [4.78, 5) is 11.9. The summed E-state index contributed by atoms with van der Waals surface area (Å²) in [5, 5.41) is 2.85. The Morgan fingerprint density at radius 2 is 1.86 bits per heavy atom. The first-order chi connectivity index (χ1) is 9.85. The van der Waals surface area contributed by atoms with Gasteiger partial charge in [0.05, 0.1) is 0 Å². The van der Waals surface area contributed by atoms with Crippen LogP contribution in [-0.4, -0.2) is 24.6 Å². The summed E-state index contributed by atoms with van der Waals surface area (Å²) in [7, 11) is 0. The van der Waals surface area contributed by atoms with Crippen LogP contribution >= 0.6 is 0 Å². The van der Waals surface area contributed by atoms with Crippen LogP contribution in [0.15, 0.2) is 12.1 Å². The van der Waals surface area contributed by atoms with Crippen molar-refractivity contribution < 1.29 is 9.53 Å². The van der Waals surface area contributed by atoms with Crippen molar-refractivity contribution in [3.8, 4) is 5.75 Å². The lowest BCUT2D eigenvalue weighted by Gasteiger charge is -2.19. The minimum atomic E-state index is -0.492.